The van der Waals surface area contributed by atoms with Gasteiger partial charge >= 0.3 is 5.97 Å². The molecule has 0 fully saturated rings. The molecule has 1 aliphatic carbocycles. The van der Waals surface area contributed by atoms with Crippen LogP contribution in [0.15, 0.2) is 29.8 Å². The molecular weight excluding hydrogens is 446 g/mol. The van der Waals surface area contributed by atoms with Gasteiger partial charge < -0.3 is 19.5 Å². The van der Waals surface area contributed by atoms with Crippen LogP contribution in [0.1, 0.15) is 39.2 Å². The molecule has 1 aromatic carbocycles. The zero-order valence-electron chi connectivity index (χ0n) is 17.3. The Balaban J connectivity index is 1.40. The number of nitrogens with one attached hydrogen (secondary N) is 1. The first-order chi connectivity index (χ1) is 15.7. The van der Waals surface area contributed by atoms with Crippen molar-refractivity contribution in [3.8, 4) is 28.8 Å². The number of aryl methyl sites for hydroxylation is 1. The van der Waals surface area contributed by atoms with Gasteiger partial charge in [-0.2, -0.15) is 5.26 Å². The molecule has 0 unspecified atom stereocenters. The van der Waals surface area contributed by atoms with E-state index in [1.807, 2.05) is 23.6 Å². The summed E-state index contributed by atoms with van der Waals surface area (Å²) in [6, 6.07) is 7.86. The van der Waals surface area contributed by atoms with Crippen LogP contribution in [0.3, 0.4) is 0 Å². The molecule has 0 saturated heterocycles. The van der Waals surface area contributed by atoms with E-state index in [0.717, 1.165) is 36.1 Å². The minimum Gasteiger partial charge on any atom is -0.462 e. The molecule has 0 radical (unpaired) electrons. The number of thiophene rings is 1. The van der Waals surface area contributed by atoms with Crippen molar-refractivity contribution in [2.75, 3.05) is 18.7 Å². The van der Waals surface area contributed by atoms with E-state index in [1.54, 1.807) is 24.5 Å². The zero-order chi connectivity index (χ0) is 22.1. The van der Waals surface area contributed by atoms with Crippen LogP contribution in [-0.2, 0) is 17.6 Å². The van der Waals surface area contributed by atoms with Crippen molar-refractivity contribution < 1.29 is 19.0 Å². The fourth-order valence-electron chi connectivity index (χ4n) is 3.79. The normalized spacial score (nSPS) is 14.2. The number of ether oxygens (including phenoxy) is 3. The Morgan fingerprint density at radius 1 is 1.34 bits per heavy atom. The summed E-state index contributed by atoms with van der Waals surface area (Å²) >= 11 is 2.94. The fourth-order valence-corrected chi connectivity index (χ4v) is 5.83. The topological polar surface area (TPSA) is 93.5 Å². The largest absolute Gasteiger partial charge is 0.462 e. The Morgan fingerprint density at radius 2 is 2.22 bits per heavy atom. The number of nitrogens with zero attached hydrogens (tertiary/aromatic N) is 2. The van der Waals surface area contributed by atoms with Crippen LogP contribution >= 0.6 is 22.7 Å². The van der Waals surface area contributed by atoms with E-state index in [-0.39, 0.29) is 12.8 Å². The summed E-state index contributed by atoms with van der Waals surface area (Å²) in [6.45, 7) is 2.34. The van der Waals surface area contributed by atoms with Crippen molar-refractivity contribution in [3.63, 3.8) is 0 Å². The third-order valence-corrected chi connectivity index (χ3v) is 7.37. The highest BCUT2D eigenvalue weighted by atomic mass is 32.1. The number of allylic oxidation sites excluding steroid dienone is 1. The van der Waals surface area contributed by atoms with Crippen molar-refractivity contribution >= 4 is 39.2 Å². The van der Waals surface area contributed by atoms with Crippen LogP contribution in [0.4, 0.5) is 5.00 Å². The van der Waals surface area contributed by atoms with Crippen LogP contribution in [0.2, 0.25) is 0 Å². The van der Waals surface area contributed by atoms with E-state index < -0.39 is 0 Å². The molecule has 162 valence electrons. The molecule has 1 N–H and O–H groups in total. The summed E-state index contributed by atoms with van der Waals surface area (Å²) in [4.78, 5) is 18.4. The smallest absolute Gasteiger partial charge is 0.341 e. The molecule has 1 aliphatic heterocycles. The number of anilines is 1. The zero-order valence-corrected chi connectivity index (χ0v) is 18.9. The number of nitriles is 1. The van der Waals surface area contributed by atoms with Gasteiger partial charge in [-0.25, -0.2) is 9.78 Å². The van der Waals surface area contributed by atoms with Crippen LogP contribution in [-0.4, -0.2) is 24.4 Å². The Labute approximate surface area is 192 Å². The first kappa shape index (κ1) is 20.5. The maximum absolute atomic E-state index is 12.5. The molecule has 0 bridgehead atoms. The third kappa shape index (κ3) is 3.72. The Hall–Kier alpha value is -3.35. The number of rotatable bonds is 6. The second-order valence-corrected chi connectivity index (χ2v) is 9.17. The standard InChI is InChI=1S/C23H19N3O4S2/c1-2-28-23(27)20-15-4-3-5-19(15)32-22(20)25-10-14(9-24)21-26-16(11-31-21)13-6-7-17-18(8-13)30-12-29-17/h6-8,10-11,25H,2-5,12H2,1H3/b14-10+. The third-order valence-electron chi connectivity index (χ3n) is 5.27. The molecule has 3 aromatic rings. The predicted molar refractivity (Wildman–Crippen MR) is 123 cm³/mol. The summed E-state index contributed by atoms with van der Waals surface area (Å²) in [5, 5.41) is 16.1. The number of carbonyl (C=O) groups is 1. The van der Waals surface area contributed by atoms with Gasteiger partial charge in [0.15, 0.2) is 11.5 Å². The van der Waals surface area contributed by atoms with Gasteiger partial charge in [0, 0.05) is 22.0 Å². The lowest BCUT2D eigenvalue weighted by Crippen LogP contribution is -2.08. The van der Waals surface area contributed by atoms with E-state index in [1.165, 1.54) is 16.2 Å². The van der Waals surface area contributed by atoms with Gasteiger partial charge in [0.2, 0.25) is 6.79 Å². The van der Waals surface area contributed by atoms with Gasteiger partial charge in [-0.3, -0.25) is 0 Å². The van der Waals surface area contributed by atoms with Crippen LogP contribution in [0, 0.1) is 11.3 Å². The average Bonchev–Trinajstić information content (AvgIpc) is 3.57. The Kier molecular flexibility index (Phi) is 5.55. The molecule has 0 saturated carbocycles. The molecule has 0 spiro atoms. The number of hydrogen-bond donors (Lipinski definition) is 1. The van der Waals surface area contributed by atoms with Crippen LogP contribution < -0.4 is 14.8 Å². The number of benzene rings is 1. The molecular formula is C23H19N3O4S2. The van der Waals surface area contributed by atoms with E-state index in [2.05, 4.69) is 16.4 Å². The summed E-state index contributed by atoms with van der Waals surface area (Å²) in [6.07, 6.45) is 4.51. The van der Waals surface area contributed by atoms with Crippen LogP contribution in [0.25, 0.3) is 16.8 Å². The van der Waals surface area contributed by atoms with E-state index in [9.17, 15) is 10.1 Å². The number of fused-ring (bicyclic) bond motifs is 2. The Morgan fingerprint density at radius 3 is 3.06 bits per heavy atom. The molecule has 32 heavy (non-hydrogen) atoms. The maximum Gasteiger partial charge on any atom is 0.341 e. The summed E-state index contributed by atoms with van der Waals surface area (Å²) in [5.74, 6) is 1.08. The quantitative estimate of drug-likeness (QED) is 0.393. The van der Waals surface area contributed by atoms with Crippen molar-refractivity contribution in [1.82, 2.24) is 4.98 Å². The second-order valence-electron chi connectivity index (χ2n) is 7.20. The summed E-state index contributed by atoms with van der Waals surface area (Å²) < 4.78 is 16.1. The van der Waals surface area contributed by atoms with Crippen molar-refractivity contribution in [3.05, 3.63) is 50.8 Å². The van der Waals surface area contributed by atoms with Gasteiger partial charge in [0.05, 0.1) is 17.9 Å². The highest BCUT2D eigenvalue weighted by Crippen LogP contribution is 2.40. The number of thiazole rings is 1. The molecule has 0 amide bonds. The molecule has 7 nitrogen and oxygen atoms in total. The average molecular weight is 466 g/mol. The first-order valence-electron chi connectivity index (χ1n) is 10.2. The fraction of sp³-hybridized carbons (Fsp3) is 0.261. The number of aromatic nitrogens is 1. The molecule has 2 aliphatic rings. The highest BCUT2D eigenvalue weighted by molar-refractivity contribution is 7.16. The SMILES string of the molecule is CCOC(=O)c1c(N/C=C(\C#N)c2nc(-c3ccc4c(c3)OCO4)cs2)sc2c1CCC2. The Bertz CT molecular complexity index is 1270. The predicted octanol–water partition coefficient (Wildman–Crippen LogP) is 5.24. The van der Waals surface area contributed by atoms with Gasteiger partial charge in [0.1, 0.15) is 21.7 Å². The number of esters is 1. The lowest BCUT2D eigenvalue weighted by Gasteiger charge is -2.06. The van der Waals surface area contributed by atoms with Gasteiger partial charge in [0.25, 0.3) is 0 Å². The molecule has 9 heteroatoms. The highest BCUT2D eigenvalue weighted by Gasteiger charge is 2.27. The number of carbonyl (C=O) groups excluding carboxylic acids is 1. The minimum absolute atomic E-state index is 0.216. The van der Waals surface area contributed by atoms with E-state index in [0.29, 0.717) is 39.3 Å². The molecule has 5 rings (SSSR count). The molecule has 0 atom stereocenters. The van der Waals surface area contributed by atoms with Crippen molar-refractivity contribution in [2.45, 2.75) is 26.2 Å². The molecule has 2 aromatic heterocycles. The van der Waals surface area contributed by atoms with Gasteiger partial charge in [-0.1, -0.05) is 0 Å². The van der Waals surface area contributed by atoms with Crippen molar-refractivity contribution in [2.24, 2.45) is 0 Å². The molecule has 3 heterocycles. The maximum atomic E-state index is 12.5. The van der Waals surface area contributed by atoms with E-state index in [4.69, 9.17) is 14.2 Å². The summed E-state index contributed by atoms with van der Waals surface area (Å²) in [7, 11) is 0. The van der Waals surface area contributed by atoms with Gasteiger partial charge in [-0.05, 0) is 49.9 Å². The minimum atomic E-state index is -0.319. The van der Waals surface area contributed by atoms with E-state index >= 15 is 0 Å². The lowest BCUT2D eigenvalue weighted by atomic mass is 10.1. The monoisotopic (exact) mass is 465 g/mol. The second kappa shape index (κ2) is 8.65. The van der Waals surface area contributed by atoms with Crippen molar-refractivity contribution in [1.29, 1.82) is 5.26 Å². The first-order valence-corrected chi connectivity index (χ1v) is 11.9. The van der Waals surface area contributed by atoms with Gasteiger partial charge in [-0.15, -0.1) is 22.7 Å². The van der Waals surface area contributed by atoms with Crippen LogP contribution in [0.5, 0.6) is 11.5 Å². The summed E-state index contributed by atoms with van der Waals surface area (Å²) in [5.41, 5.74) is 3.71. The lowest BCUT2D eigenvalue weighted by molar-refractivity contribution is 0.0527. The number of hydrogen-bond acceptors (Lipinski definition) is 9.